The van der Waals surface area contributed by atoms with E-state index in [9.17, 15) is 0 Å². The predicted molar refractivity (Wildman–Crippen MR) is 91.5 cm³/mol. The summed E-state index contributed by atoms with van der Waals surface area (Å²) in [5.41, 5.74) is 2.35. The zero-order chi connectivity index (χ0) is 14.9. The lowest BCUT2D eigenvalue weighted by Gasteiger charge is -2.12. The van der Waals surface area contributed by atoms with E-state index >= 15 is 0 Å². The number of anilines is 1. The van der Waals surface area contributed by atoms with E-state index in [0.717, 1.165) is 0 Å². The number of nitrogens with zero attached hydrogens (tertiary/aromatic N) is 2. The summed E-state index contributed by atoms with van der Waals surface area (Å²) in [4.78, 5) is 2.09. The van der Waals surface area contributed by atoms with Crippen LogP contribution in [0.2, 0.25) is 0 Å². The van der Waals surface area contributed by atoms with Crippen LogP contribution in [0.4, 0.5) is 11.4 Å². The van der Waals surface area contributed by atoms with Crippen molar-refractivity contribution >= 4 is 17.6 Å². The molecule has 0 saturated heterocycles. The van der Waals surface area contributed by atoms with Crippen LogP contribution in [-0.4, -0.2) is 24.9 Å². The number of benzene rings is 2. The first kappa shape index (κ1) is 17.9. The van der Waals surface area contributed by atoms with Gasteiger partial charge in [-0.1, -0.05) is 42.5 Å². The molecule has 0 unspecified atom stereocenters. The second-order valence-corrected chi connectivity index (χ2v) is 4.77. The Labute approximate surface area is 143 Å². The lowest BCUT2D eigenvalue weighted by molar-refractivity contribution is -0.398. The Balaban J connectivity index is 0.00000242. The van der Waals surface area contributed by atoms with Crippen LogP contribution < -0.4 is 21.9 Å². The molecule has 0 aliphatic carbocycles. The zero-order valence-corrected chi connectivity index (χ0v) is 14.5. The molecule has 2 rings (SSSR count). The van der Waals surface area contributed by atoms with Crippen molar-refractivity contribution in [3.05, 3.63) is 85.1 Å². The Morgan fingerprint density at radius 3 is 2.05 bits per heavy atom. The second-order valence-electron chi connectivity index (χ2n) is 4.77. The van der Waals surface area contributed by atoms with E-state index in [2.05, 4.69) is 33.7 Å². The Bertz CT molecular complexity index is 631. The normalized spacial score (nSPS) is 11.6. The minimum Gasteiger partial charge on any atom is -1.00 e. The molecular formula is C19H21BrN2. The van der Waals surface area contributed by atoms with Gasteiger partial charge in [-0.05, 0) is 18.2 Å². The highest BCUT2D eigenvalue weighted by Crippen LogP contribution is 2.11. The highest BCUT2D eigenvalue weighted by molar-refractivity contribution is 5.68. The fraction of sp³-hybridized carbons (Fsp3) is 0.105. The van der Waals surface area contributed by atoms with E-state index in [1.165, 1.54) is 11.4 Å². The number of rotatable bonds is 5. The van der Waals surface area contributed by atoms with Gasteiger partial charge in [-0.2, -0.15) is 0 Å². The summed E-state index contributed by atoms with van der Waals surface area (Å²) in [7, 11) is 4.08. The number of hydrogen-bond acceptors (Lipinski definition) is 1. The minimum atomic E-state index is 0. The maximum atomic E-state index is 2.09. The molecule has 0 radical (unpaired) electrons. The average Bonchev–Trinajstić information content (AvgIpc) is 2.55. The van der Waals surface area contributed by atoms with Gasteiger partial charge in [0.15, 0.2) is 6.21 Å². The van der Waals surface area contributed by atoms with Crippen molar-refractivity contribution in [3.8, 4) is 0 Å². The summed E-state index contributed by atoms with van der Waals surface area (Å²) < 4.78 is 2.09. The van der Waals surface area contributed by atoms with E-state index < -0.39 is 0 Å². The molecule has 0 aromatic heterocycles. The summed E-state index contributed by atoms with van der Waals surface area (Å²) >= 11 is 0. The third-order valence-corrected chi connectivity index (χ3v) is 3.17. The van der Waals surface area contributed by atoms with Crippen molar-refractivity contribution in [2.24, 2.45) is 0 Å². The Hall–Kier alpha value is -2.13. The van der Waals surface area contributed by atoms with E-state index in [-0.39, 0.29) is 17.0 Å². The highest BCUT2D eigenvalue weighted by Gasteiger charge is 1.97. The molecule has 0 spiro atoms. The molecule has 0 bridgehead atoms. The van der Waals surface area contributed by atoms with Gasteiger partial charge in [0.25, 0.3) is 0 Å². The summed E-state index contributed by atoms with van der Waals surface area (Å²) in [6, 6.07) is 20.6. The molecule has 0 fully saturated rings. The molecule has 22 heavy (non-hydrogen) atoms. The van der Waals surface area contributed by atoms with Crippen molar-refractivity contribution in [2.75, 3.05) is 19.0 Å². The Morgan fingerprint density at radius 1 is 0.818 bits per heavy atom. The molecular weight excluding hydrogens is 336 g/mol. The SMILES string of the molecule is CN(/C=C/C=C/C=[N+](C)c1ccccc1)c1ccccc1.[Br-]. The van der Waals surface area contributed by atoms with Gasteiger partial charge in [0, 0.05) is 37.1 Å². The molecule has 0 atom stereocenters. The van der Waals surface area contributed by atoms with Crippen LogP contribution >= 0.6 is 0 Å². The maximum Gasteiger partial charge on any atom is 0.204 e. The molecule has 0 aliphatic rings. The summed E-state index contributed by atoms with van der Waals surface area (Å²) in [6.45, 7) is 0. The third kappa shape index (κ3) is 5.70. The molecule has 0 aliphatic heterocycles. The Morgan fingerprint density at radius 2 is 1.41 bits per heavy atom. The second kappa shape index (κ2) is 9.74. The van der Waals surface area contributed by atoms with Crippen LogP contribution in [0.15, 0.2) is 85.1 Å². The number of halogens is 1. The van der Waals surface area contributed by atoms with E-state index in [1.807, 2.05) is 81.1 Å². The van der Waals surface area contributed by atoms with Crippen LogP contribution in [0.3, 0.4) is 0 Å². The monoisotopic (exact) mass is 356 g/mol. The molecule has 3 heteroatoms. The van der Waals surface area contributed by atoms with Crippen LogP contribution in [0.25, 0.3) is 0 Å². The van der Waals surface area contributed by atoms with E-state index in [4.69, 9.17) is 0 Å². The van der Waals surface area contributed by atoms with Gasteiger partial charge in [0.05, 0.1) is 0 Å². The minimum absolute atomic E-state index is 0. The van der Waals surface area contributed by atoms with Crippen LogP contribution in [0, 0.1) is 0 Å². The summed E-state index contributed by atoms with van der Waals surface area (Å²) in [5.74, 6) is 0. The quantitative estimate of drug-likeness (QED) is 0.443. The van der Waals surface area contributed by atoms with Gasteiger partial charge < -0.3 is 21.9 Å². The van der Waals surface area contributed by atoms with Gasteiger partial charge in [-0.25, -0.2) is 4.58 Å². The van der Waals surface area contributed by atoms with Crippen molar-refractivity contribution < 1.29 is 21.6 Å². The zero-order valence-electron chi connectivity index (χ0n) is 12.9. The molecule has 2 aromatic rings. The summed E-state index contributed by atoms with van der Waals surface area (Å²) in [6.07, 6.45) is 10.2. The lowest BCUT2D eigenvalue weighted by atomic mass is 10.3. The van der Waals surface area contributed by atoms with Crippen LogP contribution in [-0.2, 0) is 0 Å². The maximum absolute atomic E-state index is 2.09. The largest absolute Gasteiger partial charge is 1.00 e. The molecule has 0 amide bonds. The van der Waals surface area contributed by atoms with Crippen molar-refractivity contribution in [1.29, 1.82) is 0 Å². The smallest absolute Gasteiger partial charge is 0.204 e. The highest BCUT2D eigenvalue weighted by atomic mass is 79.9. The molecule has 0 heterocycles. The fourth-order valence-electron chi connectivity index (χ4n) is 1.92. The lowest BCUT2D eigenvalue weighted by Crippen LogP contribution is -3.00. The first-order chi connectivity index (χ1) is 10.3. The number of allylic oxidation sites excluding steroid dienone is 3. The van der Waals surface area contributed by atoms with Crippen molar-refractivity contribution in [3.63, 3.8) is 0 Å². The van der Waals surface area contributed by atoms with Crippen molar-refractivity contribution in [2.45, 2.75) is 0 Å². The number of hydrogen-bond donors (Lipinski definition) is 0. The first-order valence-corrected chi connectivity index (χ1v) is 7.01. The van der Waals surface area contributed by atoms with Gasteiger partial charge in [0.2, 0.25) is 5.69 Å². The Kier molecular flexibility index (Phi) is 7.94. The molecule has 2 nitrogen and oxygen atoms in total. The van der Waals surface area contributed by atoms with Crippen LogP contribution in [0.5, 0.6) is 0 Å². The third-order valence-electron chi connectivity index (χ3n) is 3.17. The van der Waals surface area contributed by atoms with Gasteiger partial charge >= 0.3 is 0 Å². The standard InChI is InChI=1S/C19H21N2.BrH/c1-20(18-12-6-3-7-13-18)16-10-5-11-17-21(2)19-14-8-4-9-15-19;/h3-17H,1-2H3;1H/q+1;/p-1. The molecule has 114 valence electrons. The first-order valence-electron chi connectivity index (χ1n) is 7.01. The van der Waals surface area contributed by atoms with Gasteiger partial charge in [-0.15, -0.1) is 0 Å². The topological polar surface area (TPSA) is 6.25 Å². The molecule has 0 saturated carbocycles. The summed E-state index contributed by atoms with van der Waals surface area (Å²) in [5, 5.41) is 0. The molecule has 2 aromatic carbocycles. The van der Waals surface area contributed by atoms with Crippen molar-refractivity contribution in [1.82, 2.24) is 0 Å². The van der Waals surface area contributed by atoms with E-state index in [0.29, 0.717) is 0 Å². The fourth-order valence-corrected chi connectivity index (χ4v) is 1.92. The van der Waals surface area contributed by atoms with E-state index in [1.54, 1.807) is 0 Å². The molecule has 0 N–H and O–H groups in total. The van der Waals surface area contributed by atoms with Crippen LogP contribution in [0.1, 0.15) is 0 Å². The predicted octanol–water partition coefficient (Wildman–Crippen LogP) is 1.24. The average molecular weight is 357 g/mol. The van der Waals surface area contributed by atoms with Gasteiger partial charge in [0.1, 0.15) is 7.05 Å². The van der Waals surface area contributed by atoms with Gasteiger partial charge in [-0.3, -0.25) is 0 Å². The number of para-hydroxylation sites is 2.